The Balaban J connectivity index is 2.72. The van der Waals surface area contributed by atoms with Crippen molar-refractivity contribution in [2.75, 3.05) is 6.54 Å². The van der Waals surface area contributed by atoms with Crippen molar-refractivity contribution in [2.24, 2.45) is 5.92 Å². The van der Waals surface area contributed by atoms with Crippen molar-refractivity contribution >= 4 is 23.2 Å². The van der Waals surface area contributed by atoms with Crippen LogP contribution in [0, 0.1) is 5.92 Å². The van der Waals surface area contributed by atoms with Gasteiger partial charge in [0, 0.05) is 6.04 Å². The van der Waals surface area contributed by atoms with Gasteiger partial charge in [-0.1, -0.05) is 56.5 Å². The molecule has 2 atom stereocenters. The molecule has 0 aliphatic rings. The molecule has 0 aromatic heterocycles. The monoisotopic (exact) mass is 287 g/mol. The van der Waals surface area contributed by atoms with Crippen LogP contribution in [0.5, 0.6) is 0 Å². The van der Waals surface area contributed by atoms with Gasteiger partial charge in [0.05, 0.1) is 10.0 Å². The minimum atomic E-state index is 0.507. The number of nitrogens with one attached hydrogen (secondary N) is 1. The van der Waals surface area contributed by atoms with Crippen LogP contribution in [0.15, 0.2) is 18.2 Å². The maximum Gasteiger partial charge on any atom is 0.0595 e. The molecule has 1 nitrogen and oxygen atoms in total. The van der Waals surface area contributed by atoms with Crippen molar-refractivity contribution < 1.29 is 0 Å². The van der Waals surface area contributed by atoms with E-state index >= 15 is 0 Å². The number of halogens is 2. The summed E-state index contributed by atoms with van der Waals surface area (Å²) in [5, 5.41) is 4.85. The van der Waals surface area contributed by atoms with Crippen LogP contribution >= 0.6 is 23.2 Å². The van der Waals surface area contributed by atoms with E-state index in [-0.39, 0.29) is 0 Å². The molecule has 0 heterocycles. The molecule has 0 fully saturated rings. The van der Waals surface area contributed by atoms with E-state index in [0.29, 0.717) is 22.0 Å². The molecule has 102 valence electrons. The zero-order valence-corrected chi connectivity index (χ0v) is 13.0. The lowest BCUT2D eigenvalue weighted by Crippen LogP contribution is -2.36. The van der Waals surface area contributed by atoms with E-state index in [1.54, 1.807) is 0 Å². The molecule has 0 spiro atoms. The van der Waals surface area contributed by atoms with Crippen molar-refractivity contribution in [1.29, 1.82) is 0 Å². The average Bonchev–Trinajstić information content (AvgIpc) is 2.33. The molecule has 0 saturated carbocycles. The fourth-order valence-corrected chi connectivity index (χ4v) is 2.63. The summed E-state index contributed by atoms with van der Waals surface area (Å²) in [6, 6.07) is 6.43. The number of rotatable bonds is 7. The summed E-state index contributed by atoms with van der Waals surface area (Å²) in [6.07, 6.45) is 3.48. The van der Waals surface area contributed by atoms with E-state index in [2.05, 4.69) is 32.2 Å². The Morgan fingerprint density at radius 3 is 2.44 bits per heavy atom. The summed E-state index contributed by atoms with van der Waals surface area (Å²) in [6.45, 7) is 7.70. The van der Waals surface area contributed by atoms with Crippen LogP contribution in [-0.2, 0) is 6.42 Å². The fraction of sp³-hybridized carbons (Fsp3) is 0.600. The molecular formula is C15H23Cl2N. The van der Waals surface area contributed by atoms with Crippen LogP contribution in [-0.4, -0.2) is 12.6 Å². The molecule has 1 aromatic carbocycles. The van der Waals surface area contributed by atoms with Gasteiger partial charge in [-0.05, 0) is 43.0 Å². The Hall–Kier alpha value is -0.240. The molecule has 0 radical (unpaired) electrons. The van der Waals surface area contributed by atoms with E-state index < -0.39 is 0 Å². The van der Waals surface area contributed by atoms with Crippen LogP contribution in [0.4, 0.5) is 0 Å². The van der Waals surface area contributed by atoms with Gasteiger partial charge < -0.3 is 5.32 Å². The maximum atomic E-state index is 6.06. The van der Waals surface area contributed by atoms with Gasteiger partial charge in [0.1, 0.15) is 0 Å². The number of likely N-dealkylation sites (N-methyl/N-ethyl adjacent to an activating group) is 1. The Bertz CT molecular complexity index is 366. The number of hydrogen-bond acceptors (Lipinski definition) is 1. The molecule has 0 aliphatic heterocycles. The van der Waals surface area contributed by atoms with Crippen LogP contribution in [0.2, 0.25) is 10.0 Å². The molecule has 0 saturated heterocycles. The summed E-state index contributed by atoms with van der Waals surface area (Å²) >= 11 is 12.0. The SMILES string of the molecule is CCCC(C)C(Cc1ccc(Cl)c(Cl)c1)NCC. The summed E-state index contributed by atoms with van der Waals surface area (Å²) in [4.78, 5) is 0. The zero-order valence-electron chi connectivity index (χ0n) is 11.5. The first-order valence-corrected chi connectivity index (χ1v) is 7.51. The topological polar surface area (TPSA) is 12.0 Å². The van der Waals surface area contributed by atoms with Crippen molar-refractivity contribution in [3.63, 3.8) is 0 Å². The number of hydrogen-bond donors (Lipinski definition) is 1. The van der Waals surface area contributed by atoms with Gasteiger partial charge in [-0.3, -0.25) is 0 Å². The Labute approximate surface area is 121 Å². The summed E-state index contributed by atoms with van der Waals surface area (Å²) in [5.74, 6) is 0.671. The Kier molecular flexibility index (Phi) is 7.06. The lowest BCUT2D eigenvalue weighted by molar-refractivity contribution is 0.358. The Morgan fingerprint density at radius 2 is 1.89 bits per heavy atom. The van der Waals surface area contributed by atoms with Crippen LogP contribution in [0.1, 0.15) is 39.2 Å². The highest BCUT2D eigenvalue weighted by Gasteiger charge is 2.16. The van der Waals surface area contributed by atoms with Gasteiger partial charge in [0.2, 0.25) is 0 Å². The predicted molar refractivity (Wildman–Crippen MR) is 81.7 cm³/mol. The summed E-state index contributed by atoms with van der Waals surface area (Å²) < 4.78 is 0. The second-order valence-electron chi connectivity index (χ2n) is 4.88. The van der Waals surface area contributed by atoms with Crippen LogP contribution in [0.25, 0.3) is 0 Å². The van der Waals surface area contributed by atoms with E-state index in [4.69, 9.17) is 23.2 Å². The highest BCUT2D eigenvalue weighted by atomic mass is 35.5. The first kappa shape index (κ1) is 15.8. The molecule has 2 unspecified atom stereocenters. The fourth-order valence-electron chi connectivity index (χ4n) is 2.31. The van der Waals surface area contributed by atoms with E-state index in [1.165, 1.54) is 18.4 Å². The number of benzene rings is 1. The average molecular weight is 288 g/mol. The predicted octanol–water partition coefficient (Wildman–Crippen LogP) is 4.95. The minimum Gasteiger partial charge on any atom is -0.314 e. The third-order valence-electron chi connectivity index (χ3n) is 3.34. The standard InChI is InChI=1S/C15H23Cl2N/c1-4-6-11(3)15(18-5-2)10-12-7-8-13(16)14(17)9-12/h7-9,11,15,18H,4-6,10H2,1-3H3. The third-order valence-corrected chi connectivity index (χ3v) is 4.08. The molecule has 1 N–H and O–H groups in total. The first-order chi connectivity index (χ1) is 8.58. The van der Waals surface area contributed by atoms with Crippen molar-refractivity contribution in [2.45, 2.75) is 46.1 Å². The summed E-state index contributed by atoms with van der Waals surface area (Å²) in [5.41, 5.74) is 1.25. The van der Waals surface area contributed by atoms with Gasteiger partial charge in [0.15, 0.2) is 0 Å². The van der Waals surface area contributed by atoms with Crippen molar-refractivity contribution in [3.8, 4) is 0 Å². The van der Waals surface area contributed by atoms with E-state index in [0.717, 1.165) is 13.0 Å². The smallest absolute Gasteiger partial charge is 0.0595 e. The molecule has 0 bridgehead atoms. The van der Waals surface area contributed by atoms with Gasteiger partial charge >= 0.3 is 0 Å². The second kappa shape index (κ2) is 8.04. The second-order valence-corrected chi connectivity index (χ2v) is 5.70. The zero-order chi connectivity index (χ0) is 13.5. The van der Waals surface area contributed by atoms with Crippen LogP contribution in [0.3, 0.4) is 0 Å². The molecule has 1 rings (SSSR count). The van der Waals surface area contributed by atoms with E-state index in [1.807, 2.05) is 12.1 Å². The van der Waals surface area contributed by atoms with Crippen molar-refractivity contribution in [1.82, 2.24) is 5.32 Å². The quantitative estimate of drug-likeness (QED) is 0.748. The van der Waals surface area contributed by atoms with Crippen LogP contribution < -0.4 is 5.32 Å². The highest BCUT2D eigenvalue weighted by molar-refractivity contribution is 6.42. The lowest BCUT2D eigenvalue weighted by Gasteiger charge is -2.25. The highest BCUT2D eigenvalue weighted by Crippen LogP contribution is 2.24. The van der Waals surface area contributed by atoms with Gasteiger partial charge in [-0.25, -0.2) is 0 Å². The van der Waals surface area contributed by atoms with E-state index in [9.17, 15) is 0 Å². The van der Waals surface area contributed by atoms with Crippen molar-refractivity contribution in [3.05, 3.63) is 33.8 Å². The molecule has 0 amide bonds. The molecule has 18 heavy (non-hydrogen) atoms. The molecular weight excluding hydrogens is 265 g/mol. The summed E-state index contributed by atoms with van der Waals surface area (Å²) in [7, 11) is 0. The first-order valence-electron chi connectivity index (χ1n) is 6.75. The normalized spacial score (nSPS) is 14.5. The molecule has 1 aromatic rings. The maximum absolute atomic E-state index is 6.06. The molecule has 3 heteroatoms. The third kappa shape index (κ3) is 4.79. The van der Waals surface area contributed by atoms with Gasteiger partial charge in [-0.2, -0.15) is 0 Å². The Morgan fingerprint density at radius 1 is 1.17 bits per heavy atom. The largest absolute Gasteiger partial charge is 0.314 e. The van der Waals surface area contributed by atoms with Gasteiger partial charge in [-0.15, -0.1) is 0 Å². The molecule has 0 aliphatic carbocycles. The van der Waals surface area contributed by atoms with Gasteiger partial charge in [0.25, 0.3) is 0 Å². The minimum absolute atomic E-state index is 0.507. The lowest BCUT2D eigenvalue weighted by atomic mass is 9.91.